The molecule has 0 saturated heterocycles. The van der Waals surface area contributed by atoms with Crippen LogP contribution in [0.2, 0.25) is 20.1 Å². The van der Waals surface area contributed by atoms with Crippen LogP contribution in [0, 0.1) is 0 Å². The third-order valence-corrected chi connectivity index (χ3v) is 6.58. The lowest BCUT2D eigenvalue weighted by atomic mass is 10.1. The molecule has 0 fully saturated rings. The van der Waals surface area contributed by atoms with Crippen LogP contribution in [-0.2, 0) is 22.6 Å². The summed E-state index contributed by atoms with van der Waals surface area (Å²) in [6.07, 6.45) is 1.15. The fourth-order valence-electron chi connectivity index (χ4n) is 3.17. The molecule has 0 heterocycles. The van der Waals surface area contributed by atoms with E-state index in [1.54, 1.807) is 36.4 Å². The highest BCUT2D eigenvalue weighted by molar-refractivity contribution is 6.36. The molecule has 2 aromatic rings. The number of benzene rings is 2. The summed E-state index contributed by atoms with van der Waals surface area (Å²) in [5.41, 5.74) is 1.10. The molecule has 0 aromatic heterocycles. The van der Waals surface area contributed by atoms with Gasteiger partial charge in [-0.3, -0.25) is 9.59 Å². The van der Waals surface area contributed by atoms with Crippen LogP contribution >= 0.6 is 46.4 Å². The molecule has 168 valence electrons. The van der Waals surface area contributed by atoms with Crippen molar-refractivity contribution in [2.45, 2.75) is 58.7 Å². The van der Waals surface area contributed by atoms with Crippen molar-refractivity contribution in [1.82, 2.24) is 10.2 Å². The molecule has 2 rings (SSSR count). The zero-order valence-corrected chi connectivity index (χ0v) is 20.7. The van der Waals surface area contributed by atoms with Crippen LogP contribution in [0.5, 0.6) is 0 Å². The minimum Gasteiger partial charge on any atom is -0.352 e. The van der Waals surface area contributed by atoms with Gasteiger partial charge in [0.2, 0.25) is 11.8 Å². The second-order valence-corrected chi connectivity index (χ2v) is 8.97. The third kappa shape index (κ3) is 6.76. The quantitative estimate of drug-likeness (QED) is 0.421. The molecule has 0 aliphatic carbocycles. The smallest absolute Gasteiger partial charge is 0.243 e. The molecule has 2 atom stereocenters. The molecule has 0 radical (unpaired) electrons. The van der Waals surface area contributed by atoms with Gasteiger partial charge in [-0.15, -0.1) is 0 Å². The maximum absolute atomic E-state index is 13.4. The van der Waals surface area contributed by atoms with Crippen molar-refractivity contribution in [2.24, 2.45) is 0 Å². The predicted octanol–water partition coefficient (Wildman–Crippen LogP) is 6.56. The fraction of sp³-hybridized carbons (Fsp3) is 0.391. The number of hydrogen-bond donors (Lipinski definition) is 1. The molecule has 2 amide bonds. The van der Waals surface area contributed by atoms with Gasteiger partial charge in [-0.1, -0.05) is 72.4 Å². The molecule has 31 heavy (non-hydrogen) atoms. The van der Waals surface area contributed by atoms with Crippen LogP contribution in [0.25, 0.3) is 0 Å². The molecule has 2 aromatic carbocycles. The minimum atomic E-state index is -0.699. The van der Waals surface area contributed by atoms with Crippen LogP contribution in [0.4, 0.5) is 0 Å². The van der Waals surface area contributed by atoms with Gasteiger partial charge in [0.05, 0.1) is 6.42 Å². The van der Waals surface area contributed by atoms with E-state index in [4.69, 9.17) is 46.4 Å². The van der Waals surface area contributed by atoms with Gasteiger partial charge in [0.25, 0.3) is 0 Å². The highest BCUT2D eigenvalue weighted by atomic mass is 35.5. The number of carbonyl (C=O) groups is 2. The van der Waals surface area contributed by atoms with E-state index in [9.17, 15) is 9.59 Å². The van der Waals surface area contributed by atoms with Gasteiger partial charge in [0.15, 0.2) is 0 Å². The van der Waals surface area contributed by atoms with Crippen molar-refractivity contribution in [1.29, 1.82) is 0 Å². The lowest BCUT2D eigenvalue weighted by Gasteiger charge is -2.32. The minimum absolute atomic E-state index is 0.0135. The van der Waals surface area contributed by atoms with Crippen molar-refractivity contribution in [3.05, 3.63) is 67.6 Å². The van der Waals surface area contributed by atoms with E-state index in [2.05, 4.69) is 5.32 Å². The van der Waals surface area contributed by atoms with E-state index in [0.29, 0.717) is 37.6 Å². The Morgan fingerprint density at radius 3 is 1.81 bits per heavy atom. The molecular formula is C23H26Cl4N2O2. The van der Waals surface area contributed by atoms with E-state index < -0.39 is 6.04 Å². The molecule has 0 aliphatic heterocycles. The highest BCUT2D eigenvalue weighted by Gasteiger charge is 2.31. The summed E-state index contributed by atoms with van der Waals surface area (Å²) in [6, 6.07) is 9.50. The summed E-state index contributed by atoms with van der Waals surface area (Å²) >= 11 is 25.3. The summed E-state index contributed by atoms with van der Waals surface area (Å²) in [7, 11) is 0. The number of carbonyl (C=O) groups excluding carboxylic acids is 2. The van der Waals surface area contributed by atoms with E-state index in [1.165, 1.54) is 4.90 Å². The predicted molar refractivity (Wildman–Crippen MR) is 129 cm³/mol. The Labute approximate surface area is 203 Å². The van der Waals surface area contributed by atoms with E-state index in [1.807, 2.05) is 20.8 Å². The average Bonchev–Trinajstić information content (AvgIpc) is 2.72. The first kappa shape index (κ1) is 25.8. The lowest BCUT2D eigenvalue weighted by Crippen LogP contribution is -2.51. The maximum Gasteiger partial charge on any atom is 0.243 e. The molecule has 4 nitrogen and oxygen atoms in total. The van der Waals surface area contributed by atoms with Crippen LogP contribution in [0.15, 0.2) is 36.4 Å². The Kier molecular flexibility index (Phi) is 9.95. The zero-order chi connectivity index (χ0) is 23.1. The molecule has 0 saturated carbocycles. The van der Waals surface area contributed by atoms with E-state index in [0.717, 1.165) is 6.42 Å². The molecule has 8 heteroatoms. The van der Waals surface area contributed by atoms with Crippen LogP contribution in [0.3, 0.4) is 0 Å². The summed E-state index contributed by atoms with van der Waals surface area (Å²) < 4.78 is 0. The van der Waals surface area contributed by atoms with Gasteiger partial charge in [0, 0.05) is 38.2 Å². The Morgan fingerprint density at radius 2 is 1.35 bits per heavy atom. The van der Waals surface area contributed by atoms with Gasteiger partial charge < -0.3 is 10.2 Å². The number of halogens is 4. The number of nitrogens with zero attached hydrogens (tertiary/aromatic N) is 1. The Balaban J connectivity index is 2.43. The highest BCUT2D eigenvalue weighted by Crippen LogP contribution is 2.29. The Bertz CT molecular complexity index is 895. The number of rotatable bonds is 9. The van der Waals surface area contributed by atoms with Crippen LogP contribution in [0.1, 0.15) is 44.7 Å². The zero-order valence-electron chi connectivity index (χ0n) is 17.7. The van der Waals surface area contributed by atoms with Gasteiger partial charge in [-0.25, -0.2) is 0 Å². The average molecular weight is 504 g/mol. The van der Waals surface area contributed by atoms with Crippen molar-refractivity contribution in [3.8, 4) is 0 Å². The summed E-state index contributed by atoms with van der Waals surface area (Å²) in [5, 5.41) is 4.62. The Morgan fingerprint density at radius 1 is 0.871 bits per heavy atom. The monoisotopic (exact) mass is 502 g/mol. The van der Waals surface area contributed by atoms with Gasteiger partial charge in [-0.2, -0.15) is 0 Å². The van der Waals surface area contributed by atoms with Crippen molar-refractivity contribution in [2.75, 3.05) is 0 Å². The fourth-order valence-corrected chi connectivity index (χ4v) is 4.22. The maximum atomic E-state index is 13.4. The molecule has 0 unspecified atom stereocenters. The molecular weight excluding hydrogens is 478 g/mol. The van der Waals surface area contributed by atoms with Gasteiger partial charge in [0.1, 0.15) is 6.04 Å². The summed E-state index contributed by atoms with van der Waals surface area (Å²) in [4.78, 5) is 28.0. The summed E-state index contributed by atoms with van der Waals surface area (Å²) in [6.45, 7) is 5.85. The van der Waals surface area contributed by atoms with Crippen molar-refractivity contribution in [3.63, 3.8) is 0 Å². The SMILES string of the molecule is CC[C@H](C)NC(=O)[C@H](CC)N(Cc1c(Cl)cccc1Cl)C(=O)Cc1c(Cl)cccc1Cl. The Hall–Kier alpha value is -1.46. The standard InChI is InChI=1S/C23H26Cl4N2O2/c1-4-14(3)28-23(31)21(5-2)29(13-16-19(26)10-7-11-20(16)27)22(30)12-15-17(24)8-6-9-18(15)25/h6-11,14,21H,4-5,12-13H2,1-3H3,(H,28,31)/t14-,21-/m0/s1. The first-order valence-electron chi connectivity index (χ1n) is 10.1. The summed E-state index contributed by atoms with van der Waals surface area (Å²) in [5.74, 6) is -0.518. The second-order valence-electron chi connectivity index (χ2n) is 7.34. The van der Waals surface area contributed by atoms with E-state index >= 15 is 0 Å². The normalized spacial score (nSPS) is 12.9. The topological polar surface area (TPSA) is 49.4 Å². The van der Waals surface area contributed by atoms with Crippen LogP contribution < -0.4 is 5.32 Å². The van der Waals surface area contributed by atoms with Crippen molar-refractivity contribution < 1.29 is 9.59 Å². The van der Waals surface area contributed by atoms with Crippen molar-refractivity contribution >= 4 is 58.2 Å². The number of nitrogens with one attached hydrogen (secondary N) is 1. The van der Waals surface area contributed by atoms with Gasteiger partial charge in [-0.05, 0) is 49.6 Å². The largest absolute Gasteiger partial charge is 0.352 e. The third-order valence-electron chi connectivity index (χ3n) is 5.17. The molecule has 1 N–H and O–H groups in total. The lowest BCUT2D eigenvalue weighted by molar-refractivity contribution is -0.141. The number of hydrogen-bond acceptors (Lipinski definition) is 2. The second kappa shape index (κ2) is 12.0. The van der Waals surface area contributed by atoms with E-state index in [-0.39, 0.29) is 30.8 Å². The molecule has 0 bridgehead atoms. The van der Waals surface area contributed by atoms with Crippen LogP contribution in [-0.4, -0.2) is 28.8 Å². The molecule has 0 spiro atoms. The van der Waals surface area contributed by atoms with Gasteiger partial charge >= 0.3 is 0 Å². The molecule has 0 aliphatic rings. The first-order valence-corrected chi connectivity index (χ1v) is 11.7. The number of amides is 2. The first-order chi connectivity index (χ1) is 14.7.